The van der Waals surface area contributed by atoms with Gasteiger partial charge in [-0.1, -0.05) is 15.9 Å². The summed E-state index contributed by atoms with van der Waals surface area (Å²) in [6.07, 6.45) is 0.866. The SMILES string of the molecule is O=C(CN1C(=O)NC2(CCOCC2)C1=O)Nc1ccc(Br)cc1. The Hall–Kier alpha value is -1.93. The van der Waals surface area contributed by atoms with Crippen molar-refractivity contribution in [1.82, 2.24) is 10.2 Å². The average molecular weight is 382 g/mol. The molecule has 0 atom stereocenters. The maximum absolute atomic E-state index is 12.5. The number of rotatable bonds is 3. The Balaban J connectivity index is 1.65. The van der Waals surface area contributed by atoms with E-state index in [4.69, 9.17) is 4.74 Å². The third kappa shape index (κ3) is 3.23. The summed E-state index contributed by atoms with van der Waals surface area (Å²) < 4.78 is 6.13. The number of carbonyl (C=O) groups excluding carboxylic acids is 3. The number of anilines is 1. The molecule has 8 heteroatoms. The fourth-order valence-corrected chi connectivity index (χ4v) is 3.02. The molecule has 2 N–H and O–H groups in total. The Morgan fingerprint density at radius 1 is 1.26 bits per heavy atom. The van der Waals surface area contributed by atoms with Crippen LogP contribution in [0.25, 0.3) is 0 Å². The van der Waals surface area contributed by atoms with Gasteiger partial charge in [0.05, 0.1) is 0 Å². The number of hydrogen-bond acceptors (Lipinski definition) is 4. The molecule has 23 heavy (non-hydrogen) atoms. The molecule has 4 amide bonds. The zero-order valence-corrected chi connectivity index (χ0v) is 13.9. The fourth-order valence-electron chi connectivity index (χ4n) is 2.76. The lowest BCUT2D eigenvalue weighted by Gasteiger charge is -2.30. The number of amides is 4. The molecule has 2 fully saturated rings. The molecule has 2 saturated heterocycles. The number of hydrogen-bond donors (Lipinski definition) is 2. The van der Waals surface area contributed by atoms with Gasteiger partial charge in [-0.2, -0.15) is 0 Å². The van der Waals surface area contributed by atoms with Crippen molar-refractivity contribution < 1.29 is 19.1 Å². The fraction of sp³-hybridized carbons (Fsp3) is 0.400. The van der Waals surface area contributed by atoms with Crippen molar-refractivity contribution in [3.8, 4) is 0 Å². The highest BCUT2D eigenvalue weighted by atomic mass is 79.9. The third-order valence-corrected chi connectivity index (χ3v) is 4.55. The van der Waals surface area contributed by atoms with Gasteiger partial charge in [-0.25, -0.2) is 4.79 Å². The van der Waals surface area contributed by atoms with Gasteiger partial charge in [0.25, 0.3) is 5.91 Å². The third-order valence-electron chi connectivity index (χ3n) is 4.02. The minimum atomic E-state index is -0.909. The molecule has 3 rings (SSSR count). The van der Waals surface area contributed by atoms with Crippen LogP contribution in [0.3, 0.4) is 0 Å². The number of halogens is 1. The van der Waals surface area contributed by atoms with Gasteiger partial charge in [-0.05, 0) is 24.3 Å². The standard InChI is InChI=1S/C15H16BrN3O4/c16-10-1-3-11(4-2-10)17-12(20)9-19-13(21)15(18-14(19)22)5-7-23-8-6-15/h1-4H,5-9H2,(H,17,20)(H,18,22). The number of ether oxygens (including phenoxy) is 1. The molecule has 0 unspecified atom stereocenters. The van der Waals surface area contributed by atoms with Gasteiger partial charge < -0.3 is 15.4 Å². The highest BCUT2D eigenvalue weighted by molar-refractivity contribution is 9.10. The molecule has 1 aromatic carbocycles. The van der Waals surface area contributed by atoms with Crippen LogP contribution in [0, 0.1) is 0 Å². The van der Waals surface area contributed by atoms with Crippen molar-refractivity contribution in [3.63, 3.8) is 0 Å². The van der Waals surface area contributed by atoms with Crippen LogP contribution in [0.1, 0.15) is 12.8 Å². The monoisotopic (exact) mass is 381 g/mol. The predicted octanol–water partition coefficient (Wildman–Crippen LogP) is 1.49. The van der Waals surface area contributed by atoms with Crippen LogP contribution in [0.5, 0.6) is 0 Å². The van der Waals surface area contributed by atoms with E-state index in [1.165, 1.54) is 0 Å². The summed E-state index contributed by atoms with van der Waals surface area (Å²) in [6.45, 7) is 0.541. The van der Waals surface area contributed by atoms with Crippen molar-refractivity contribution in [2.24, 2.45) is 0 Å². The summed E-state index contributed by atoms with van der Waals surface area (Å²) in [4.78, 5) is 37.6. The van der Waals surface area contributed by atoms with E-state index in [1.807, 2.05) is 0 Å². The molecule has 2 heterocycles. The molecule has 7 nitrogen and oxygen atoms in total. The first kappa shape index (κ1) is 15.9. The molecular weight excluding hydrogens is 366 g/mol. The quantitative estimate of drug-likeness (QED) is 0.776. The van der Waals surface area contributed by atoms with Crippen LogP contribution < -0.4 is 10.6 Å². The molecule has 1 spiro atoms. The molecular formula is C15H16BrN3O4. The Bertz CT molecular complexity index is 641. The van der Waals surface area contributed by atoms with Gasteiger partial charge in [0.2, 0.25) is 5.91 Å². The maximum Gasteiger partial charge on any atom is 0.325 e. The largest absolute Gasteiger partial charge is 0.381 e. The molecule has 0 saturated carbocycles. The minimum Gasteiger partial charge on any atom is -0.381 e. The molecule has 0 radical (unpaired) electrons. The molecule has 2 aliphatic heterocycles. The van der Waals surface area contributed by atoms with Crippen LogP contribution in [0.2, 0.25) is 0 Å². The smallest absolute Gasteiger partial charge is 0.325 e. The first-order valence-corrected chi connectivity index (χ1v) is 8.07. The van der Waals surface area contributed by atoms with Crippen LogP contribution in [0.4, 0.5) is 10.5 Å². The number of benzene rings is 1. The summed E-state index contributed by atoms with van der Waals surface area (Å²) in [5, 5.41) is 5.39. The topological polar surface area (TPSA) is 87.7 Å². The normalized spacial score (nSPS) is 19.8. The summed E-state index contributed by atoms with van der Waals surface area (Å²) in [5.74, 6) is -0.767. The lowest BCUT2D eigenvalue weighted by molar-refractivity contribution is -0.136. The van der Waals surface area contributed by atoms with Crippen molar-refractivity contribution in [2.75, 3.05) is 25.1 Å². The zero-order valence-electron chi connectivity index (χ0n) is 12.3. The zero-order chi connectivity index (χ0) is 16.4. The van der Waals surface area contributed by atoms with Crippen LogP contribution in [0.15, 0.2) is 28.7 Å². The Morgan fingerprint density at radius 3 is 2.57 bits per heavy atom. The highest BCUT2D eigenvalue weighted by Gasteiger charge is 2.52. The average Bonchev–Trinajstić information content (AvgIpc) is 2.75. The second-order valence-electron chi connectivity index (χ2n) is 5.57. The van der Waals surface area contributed by atoms with E-state index >= 15 is 0 Å². The first-order chi connectivity index (χ1) is 11.0. The second-order valence-corrected chi connectivity index (χ2v) is 6.49. The van der Waals surface area contributed by atoms with Crippen LogP contribution >= 0.6 is 15.9 Å². The lowest BCUT2D eigenvalue weighted by Crippen LogP contribution is -2.51. The maximum atomic E-state index is 12.5. The van der Waals surface area contributed by atoms with Gasteiger partial charge in [0, 0.05) is 36.2 Å². The first-order valence-electron chi connectivity index (χ1n) is 7.27. The number of nitrogens with one attached hydrogen (secondary N) is 2. The van der Waals surface area contributed by atoms with Crippen LogP contribution in [-0.2, 0) is 14.3 Å². The summed E-state index contributed by atoms with van der Waals surface area (Å²) in [6, 6.07) is 6.52. The van der Waals surface area contributed by atoms with Crippen molar-refractivity contribution in [3.05, 3.63) is 28.7 Å². The number of urea groups is 1. The van der Waals surface area contributed by atoms with E-state index in [0.717, 1.165) is 9.37 Å². The van der Waals surface area contributed by atoms with Gasteiger partial charge >= 0.3 is 6.03 Å². The molecule has 122 valence electrons. The van der Waals surface area contributed by atoms with Gasteiger partial charge in [-0.3, -0.25) is 14.5 Å². The van der Waals surface area contributed by atoms with E-state index in [9.17, 15) is 14.4 Å². The number of carbonyl (C=O) groups is 3. The van der Waals surface area contributed by atoms with Gasteiger partial charge in [0.15, 0.2) is 0 Å². The summed E-state index contributed by atoms with van der Waals surface area (Å²) >= 11 is 3.31. The van der Waals surface area contributed by atoms with Crippen LogP contribution in [-0.4, -0.2) is 48.0 Å². The Morgan fingerprint density at radius 2 is 1.91 bits per heavy atom. The van der Waals surface area contributed by atoms with Gasteiger partial charge in [-0.15, -0.1) is 0 Å². The molecule has 0 aliphatic carbocycles. The van der Waals surface area contributed by atoms with E-state index in [2.05, 4.69) is 26.6 Å². The summed E-state index contributed by atoms with van der Waals surface area (Å²) in [7, 11) is 0. The predicted molar refractivity (Wildman–Crippen MR) is 85.8 cm³/mol. The molecule has 0 aromatic heterocycles. The number of imide groups is 1. The second kappa shape index (κ2) is 6.29. The van der Waals surface area contributed by atoms with Crippen molar-refractivity contribution in [2.45, 2.75) is 18.4 Å². The van der Waals surface area contributed by atoms with Crippen molar-refractivity contribution in [1.29, 1.82) is 0 Å². The summed E-state index contributed by atoms with van der Waals surface area (Å²) in [5.41, 5.74) is -0.307. The molecule has 0 bridgehead atoms. The van der Waals surface area contributed by atoms with E-state index in [0.29, 0.717) is 31.7 Å². The Labute approximate surface area is 141 Å². The molecule has 1 aromatic rings. The lowest BCUT2D eigenvalue weighted by atomic mass is 9.90. The van der Waals surface area contributed by atoms with E-state index in [1.54, 1.807) is 24.3 Å². The highest BCUT2D eigenvalue weighted by Crippen LogP contribution is 2.28. The Kier molecular flexibility index (Phi) is 4.36. The van der Waals surface area contributed by atoms with Crippen molar-refractivity contribution >= 4 is 39.5 Å². The number of nitrogens with zero attached hydrogens (tertiary/aromatic N) is 1. The molecule has 2 aliphatic rings. The van der Waals surface area contributed by atoms with E-state index < -0.39 is 17.5 Å². The van der Waals surface area contributed by atoms with E-state index in [-0.39, 0.29) is 12.5 Å². The minimum absolute atomic E-state index is 0.302. The van der Waals surface area contributed by atoms with Gasteiger partial charge in [0.1, 0.15) is 12.1 Å².